The molecule has 0 aromatic carbocycles. The van der Waals surface area contributed by atoms with Crippen molar-refractivity contribution in [2.24, 2.45) is 5.92 Å². The summed E-state index contributed by atoms with van der Waals surface area (Å²) >= 11 is 0. The molecule has 0 N–H and O–H groups in total. The molecule has 3 rings (SSSR count). The van der Waals surface area contributed by atoms with Crippen molar-refractivity contribution in [3.63, 3.8) is 0 Å². The van der Waals surface area contributed by atoms with Crippen LogP contribution in [0.5, 0.6) is 0 Å². The highest BCUT2D eigenvalue weighted by Gasteiger charge is 2.46. The number of nitrogens with zero attached hydrogens (tertiary/aromatic N) is 1. The molecule has 4 nitrogen and oxygen atoms in total. The molecule has 1 spiro atoms. The van der Waals surface area contributed by atoms with Gasteiger partial charge in [0.2, 0.25) is 11.8 Å². The summed E-state index contributed by atoms with van der Waals surface area (Å²) in [6.45, 7) is 2.04. The molecule has 2 saturated heterocycles. The Hall–Kier alpha value is -0.750. The number of methoxy groups -OCH3 is 1. The van der Waals surface area contributed by atoms with Crippen molar-refractivity contribution in [3.8, 4) is 0 Å². The highest BCUT2D eigenvalue weighted by molar-refractivity contribution is 5.79. The molecule has 1 saturated carbocycles. The minimum atomic E-state index is -2.58. The van der Waals surface area contributed by atoms with Gasteiger partial charge in [-0.1, -0.05) is 0 Å². The first-order chi connectivity index (χ1) is 11.0. The Labute approximate surface area is 136 Å². The first-order valence-corrected chi connectivity index (χ1v) is 8.79. The number of hydrogen-bond donors (Lipinski definition) is 0. The second-order valence-corrected chi connectivity index (χ2v) is 7.24. The highest BCUT2D eigenvalue weighted by atomic mass is 19.3. The normalized spacial score (nSPS) is 31.3. The van der Waals surface area contributed by atoms with Crippen molar-refractivity contribution in [1.82, 2.24) is 4.90 Å². The Balaban J connectivity index is 1.55. The van der Waals surface area contributed by atoms with Crippen molar-refractivity contribution in [2.75, 3.05) is 26.8 Å². The van der Waals surface area contributed by atoms with E-state index in [0.717, 1.165) is 32.3 Å². The zero-order chi connectivity index (χ0) is 16.5. The Morgan fingerprint density at radius 2 is 1.78 bits per heavy atom. The van der Waals surface area contributed by atoms with Crippen LogP contribution >= 0.6 is 0 Å². The van der Waals surface area contributed by atoms with E-state index in [4.69, 9.17) is 9.47 Å². The third-order valence-corrected chi connectivity index (χ3v) is 5.86. The molecular weight excluding hydrogens is 304 g/mol. The van der Waals surface area contributed by atoms with E-state index < -0.39 is 5.92 Å². The molecule has 1 amide bonds. The zero-order valence-corrected chi connectivity index (χ0v) is 13.9. The van der Waals surface area contributed by atoms with Gasteiger partial charge in [0.25, 0.3) is 0 Å². The third-order valence-electron chi connectivity index (χ3n) is 5.86. The summed E-state index contributed by atoms with van der Waals surface area (Å²) < 4.78 is 38.2. The van der Waals surface area contributed by atoms with E-state index in [1.54, 1.807) is 7.11 Å². The number of carbonyl (C=O) groups excluding carboxylic acids is 1. The number of rotatable bonds is 2. The molecule has 2 aliphatic heterocycles. The maximum atomic E-state index is 13.2. The summed E-state index contributed by atoms with van der Waals surface area (Å²) in [5.74, 6) is -2.75. The lowest BCUT2D eigenvalue weighted by Gasteiger charge is -2.48. The number of likely N-dealkylation sites (tertiary alicyclic amines) is 1. The van der Waals surface area contributed by atoms with Crippen LogP contribution in [0, 0.1) is 5.92 Å². The fraction of sp³-hybridized carbons (Fsp3) is 0.941. The first kappa shape index (κ1) is 17.1. The zero-order valence-electron chi connectivity index (χ0n) is 13.9. The van der Waals surface area contributed by atoms with Gasteiger partial charge in [-0.25, -0.2) is 8.78 Å². The van der Waals surface area contributed by atoms with Crippen LogP contribution in [0.2, 0.25) is 0 Å². The molecule has 23 heavy (non-hydrogen) atoms. The molecule has 0 bridgehead atoms. The van der Waals surface area contributed by atoms with Gasteiger partial charge >= 0.3 is 0 Å². The van der Waals surface area contributed by atoms with E-state index in [9.17, 15) is 13.6 Å². The molecule has 0 aromatic rings. The fourth-order valence-electron chi connectivity index (χ4n) is 4.35. The number of amides is 1. The SMILES string of the molecule is CO[C@H]1CCCOC12CCN(C(=O)C1CCC(F)(F)CC1)CC2. The summed E-state index contributed by atoms with van der Waals surface area (Å²) in [6.07, 6.45) is 3.98. The number of ether oxygens (including phenoxy) is 2. The second kappa shape index (κ2) is 6.63. The van der Waals surface area contributed by atoms with Crippen LogP contribution in [-0.4, -0.2) is 55.2 Å². The molecule has 1 atom stereocenters. The number of piperidine rings is 1. The summed E-state index contributed by atoms with van der Waals surface area (Å²) in [6, 6.07) is 0. The number of alkyl halides is 2. The van der Waals surface area contributed by atoms with Crippen LogP contribution in [0.25, 0.3) is 0 Å². The van der Waals surface area contributed by atoms with Crippen molar-refractivity contribution < 1.29 is 23.0 Å². The van der Waals surface area contributed by atoms with Crippen LogP contribution in [0.3, 0.4) is 0 Å². The average Bonchev–Trinajstić information content (AvgIpc) is 2.55. The van der Waals surface area contributed by atoms with Crippen molar-refractivity contribution in [3.05, 3.63) is 0 Å². The predicted molar refractivity (Wildman–Crippen MR) is 81.4 cm³/mol. The number of halogens is 2. The molecule has 0 radical (unpaired) electrons. The van der Waals surface area contributed by atoms with Crippen molar-refractivity contribution >= 4 is 5.91 Å². The first-order valence-electron chi connectivity index (χ1n) is 8.79. The van der Waals surface area contributed by atoms with Gasteiger partial charge in [0.15, 0.2) is 0 Å². The smallest absolute Gasteiger partial charge is 0.248 e. The maximum Gasteiger partial charge on any atom is 0.248 e. The number of carbonyl (C=O) groups is 1. The van der Waals surface area contributed by atoms with Crippen LogP contribution in [0.1, 0.15) is 51.4 Å². The monoisotopic (exact) mass is 331 g/mol. The second-order valence-electron chi connectivity index (χ2n) is 7.24. The van der Waals surface area contributed by atoms with Gasteiger partial charge < -0.3 is 14.4 Å². The van der Waals surface area contributed by atoms with E-state index in [-0.39, 0.29) is 36.4 Å². The van der Waals surface area contributed by atoms with Gasteiger partial charge in [0, 0.05) is 45.6 Å². The average molecular weight is 331 g/mol. The highest BCUT2D eigenvalue weighted by Crippen LogP contribution is 2.39. The van der Waals surface area contributed by atoms with E-state index in [0.29, 0.717) is 25.9 Å². The number of hydrogen-bond acceptors (Lipinski definition) is 3. The Morgan fingerprint density at radius 3 is 2.39 bits per heavy atom. The van der Waals surface area contributed by atoms with Gasteiger partial charge in [-0.15, -0.1) is 0 Å². The minimum absolute atomic E-state index is 0.0557. The van der Waals surface area contributed by atoms with Crippen molar-refractivity contribution in [2.45, 2.75) is 69.0 Å². The molecule has 2 heterocycles. The lowest BCUT2D eigenvalue weighted by atomic mass is 9.80. The quantitative estimate of drug-likeness (QED) is 0.781. The summed E-state index contributed by atoms with van der Waals surface area (Å²) in [5, 5.41) is 0. The molecule has 0 unspecified atom stereocenters. The molecule has 1 aliphatic carbocycles. The van der Waals surface area contributed by atoms with E-state index >= 15 is 0 Å². The van der Waals surface area contributed by atoms with Gasteiger partial charge in [-0.2, -0.15) is 0 Å². The maximum absolute atomic E-state index is 13.2. The van der Waals surface area contributed by atoms with E-state index in [2.05, 4.69) is 0 Å². The Bertz CT molecular complexity index is 426. The fourth-order valence-corrected chi connectivity index (χ4v) is 4.35. The minimum Gasteiger partial charge on any atom is -0.378 e. The molecular formula is C17H27F2NO3. The van der Waals surface area contributed by atoms with Crippen molar-refractivity contribution in [1.29, 1.82) is 0 Å². The predicted octanol–water partition coefficient (Wildman–Crippen LogP) is 3.00. The largest absolute Gasteiger partial charge is 0.378 e. The van der Waals surface area contributed by atoms with E-state index in [1.165, 1.54) is 0 Å². The molecule has 3 fully saturated rings. The summed E-state index contributed by atoms with van der Waals surface area (Å²) in [5.41, 5.74) is -0.261. The van der Waals surface area contributed by atoms with Gasteiger partial charge in [-0.3, -0.25) is 4.79 Å². The van der Waals surface area contributed by atoms with Crippen LogP contribution in [-0.2, 0) is 14.3 Å². The van der Waals surface area contributed by atoms with Crippen LogP contribution in [0.4, 0.5) is 8.78 Å². The molecule has 3 aliphatic rings. The Kier molecular flexibility index (Phi) is 4.93. The lowest BCUT2D eigenvalue weighted by Crippen LogP contribution is -2.57. The van der Waals surface area contributed by atoms with Crippen LogP contribution < -0.4 is 0 Å². The topological polar surface area (TPSA) is 38.8 Å². The van der Waals surface area contributed by atoms with E-state index in [1.807, 2.05) is 4.90 Å². The molecule has 6 heteroatoms. The molecule has 0 aromatic heterocycles. The van der Waals surface area contributed by atoms with Gasteiger partial charge in [-0.05, 0) is 38.5 Å². The standard InChI is InChI=1S/C17H27F2NO3/c1-22-14-3-2-12-23-16(14)8-10-20(11-9-16)15(21)13-4-6-17(18,19)7-5-13/h13-14H,2-12H2,1H3/t14-/m0/s1. The lowest BCUT2D eigenvalue weighted by molar-refractivity contribution is -0.189. The van der Waals surface area contributed by atoms with Crippen LogP contribution in [0.15, 0.2) is 0 Å². The van der Waals surface area contributed by atoms with Gasteiger partial charge in [0.1, 0.15) is 0 Å². The third kappa shape index (κ3) is 3.53. The summed E-state index contributed by atoms with van der Waals surface area (Å²) in [7, 11) is 1.72. The Morgan fingerprint density at radius 1 is 1.13 bits per heavy atom. The summed E-state index contributed by atoms with van der Waals surface area (Å²) in [4.78, 5) is 14.4. The molecule has 132 valence electrons. The van der Waals surface area contributed by atoms with Gasteiger partial charge in [0.05, 0.1) is 11.7 Å².